The molecule has 2 aromatic rings. The lowest BCUT2D eigenvalue weighted by Gasteiger charge is -1.94. The molecule has 0 atom stereocenters. The lowest BCUT2D eigenvalue weighted by Crippen LogP contribution is -2.04. The van der Waals surface area contributed by atoms with Crippen molar-refractivity contribution in [3.05, 3.63) is 35.7 Å². The van der Waals surface area contributed by atoms with Crippen LogP contribution in [0.1, 0.15) is 16.2 Å². The average Bonchev–Trinajstić information content (AvgIpc) is 2.74. The maximum Gasteiger partial charge on any atom is 0.373 e. The number of hydrogen-bond donors (Lipinski definition) is 3. The first-order valence-electron chi connectivity index (χ1n) is 4.84. The Hall–Kier alpha value is -2.34. The van der Waals surface area contributed by atoms with Crippen LogP contribution in [0.15, 0.2) is 28.7 Å². The van der Waals surface area contributed by atoms with Gasteiger partial charge in [0.25, 0.3) is 0 Å². The summed E-state index contributed by atoms with van der Waals surface area (Å²) in [6.07, 6.45) is 0. The third-order valence-corrected chi connectivity index (χ3v) is 2.20. The van der Waals surface area contributed by atoms with E-state index in [9.17, 15) is 4.79 Å². The number of rotatable bonds is 3. The molecule has 0 saturated heterocycles. The summed E-state index contributed by atoms with van der Waals surface area (Å²) in [4.78, 5) is 14.8. The molecule has 1 aromatic carbocycles. The van der Waals surface area contributed by atoms with Gasteiger partial charge in [-0.1, -0.05) is 0 Å². The van der Waals surface area contributed by atoms with Gasteiger partial charge in [-0.3, -0.25) is 0 Å². The summed E-state index contributed by atoms with van der Waals surface area (Å²) >= 11 is 0. The highest BCUT2D eigenvalue weighted by Gasteiger charge is 2.19. The Balaban J connectivity index is 2.46. The summed E-state index contributed by atoms with van der Waals surface area (Å²) in [7, 11) is 0. The Morgan fingerprint density at radius 2 is 2.00 bits per heavy atom. The number of nitrogens with two attached hydrogens (primary N) is 1. The summed E-state index contributed by atoms with van der Waals surface area (Å²) < 4.78 is 5.12. The number of aromatic hydroxyl groups is 1. The van der Waals surface area contributed by atoms with Gasteiger partial charge in [0.15, 0.2) is 0 Å². The number of aromatic carboxylic acids is 1. The number of hydrogen-bond acceptors (Lipinski definition) is 5. The largest absolute Gasteiger partial charge is 0.508 e. The van der Waals surface area contributed by atoms with E-state index in [0.29, 0.717) is 5.56 Å². The Morgan fingerprint density at radius 1 is 1.35 bits per heavy atom. The van der Waals surface area contributed by atoms with E-state index in [-0.39, 0.29) is 29.6 Å². The van der Waals surface area contributed by atoms with E-state index < -0.39 is 5.97 Å². The highest BCUT2D eigenvalue weighted by molar-refractivity contribution is 5.86. The first-order chi connectivity index (χ1) is 8.11. The van der Waals surface area contributed by atoms with Gasteiger partial charge in [0, 0.05) is 12.1 Å². The molecule has 6 nitrogen and oxygen atoms in total. The molecule has 0 aliphatic heterocycles. The van der Waals surface area contributed by atoms with Crippen molar-refractivity contribution in [3.63, 3.8) is 0 Å². The number of phenols is 1. The van der Waals surface area contributed by atoms with Crippen LogP contribution in [0.5, 0.6) is 5.75 Å². The van der Waals surface area contributed by atoms with Crippen molar-refractivity contribution in [2.24, 2.45) is 5.73 Å². The minimum atomic E-state index is -1.21. The van der Waals surface area contributed by atoms with Gasteiger partial charge >= 0.3 is 5.97 Å². The van der Waals surface area contributed by atoms with Gasteiger partial charge in [-0.15, -0.1) is 0 Å². The summed E-state index contributed by atoms with van der Waals surface area (Å²) in [6.45, 7) is -0.0107. The van der Waals surface area contributed by atoms with Gasteiger partial charge in [0.1, 0.15) is 11.4 Å². The van der Waals surface area contributed by atoms with Crippen LogP contribution in [0.2, 0.25) is 0 Å². The van der Waals surface area contributed by atoms with Gasteiger partial charge < -0.3 is 20.4 Å². The Bertz CT molecular complexity index is 545. The highest BCUT2D eigenvalue weighted by Crippen LogP contribution is 2.23. The zero-order valence-electron chi connectivity index (χ0n) is 8.75. The molecule has 6 heteroatoms. The zero-order valence-corrected chi connectivity index (χ0v) is 8.75. The number of phenolic OH excluding ortho intramolecular Hbond substituents is 1. The summed E-state index contributed by atoms with van der Waals surface area (Å²) in [5, 5.41) is 18.0. The number of aromatic nitrogens is 1. The first-order valence-corrected chi connectivity index (χ1v) is 4.84. The lowest BCUT2D eigenvalue weighted by molar-refractivity contribution is 0.0661. The fourth-order valence-corrected chi connectivity index (χ4v) is 1.38. The van der Waals surface area contributed by atoms with Crippen molar-refractivity contribution in [2.45, 2.75) is 6.54 Å². The van der Waals surface area contributed by atoms with Crippen molar-refractivity contribution in [1.82, 2.24) is 4.98 Å². The van der Waals surface area contributed by atoms with E-state index in [4.69, 9.17) is 20.4 Å². The second-order valence-electron chi connectivity index (χ2n) is 3.35. The van der Waals surface area contributed by atoms with Gasteiger partial charge in [0.2, 0.25) is 11.7 Å². The predicted molar refractivity (Wildman–Crippen MR) is 58.5 cm³/mol. The SMILES string of the molecule is NCc1nc(-c2ccc(O)cc2)oc1C(=O)O. The number of oxazole rings is 1. The molecule has 0 unspecified atom stereocenters. The maximum absolute atomic E-state index is 10.9. The minimum Gasteiger partial charge on any atom is -0.508 e. The summed E-state index contributed by atoms with van der Waals surface area (Å²) in [5.41, 5.74) is 6.15. The van der Waals surface area contributed by atoms with E-state index in [2.05, 4.69) is 4.98 Å². The number of carbonyl (C=O) groups is 1. The van der Waals surface area contributed by atoms with Crippen molar-refractivity contribution in [3.8, 4) is 17.2 Å². The van der Waals surface area contributed by atoms with E-state index >= 15 is 0 Å². The monoisotopic (exact) mass is 234 g/mol. The quantitative estimate of drug-likeness (QED) is 0.736. The summed E-state index contributed by atoms with van der Waals surface area (Å²) in [6, 6.07) is 6.07. The van der Waals surface area contributed by atoms with Gasteiger partial charge in [0.05, 0.1) is 0 Å². The Morgan fingerprint density at radius 3 is 2.47 bits per heavy atom. The van der Waals surface area contributed by atoms with Crippen LogP contribution in [0.25, 0.3) is 11.5 Å². The molecule has 0 bridgehead atoms. The van der Waals surface area contributed by atoms with E-state index in [1.54, 1.807) is 12.1 Å². The van der Waals surface area contributed by atoms with E-state index in [1.165, 1.54) is 12.1 Å². The van der Waals surface area contributed by atoms with Crippen molar-refractivity contribution in [1.29, 1.82) is 0 Å². The molecule has 0 aliphatic carbocycles. The minimum absolute atomic E-state index is 0.0107. The number of benzene rings is 1. The van der Waals surface area contributed by atoms with Gasteiger partial charge in [-0.05, 0) is 24.3 Å². The highest BCUT2D eigenvalue weighted by atomic mass is 16.4. The Labute approximate surface area is 96.3 Å². The predicted octanol–water partition coefficient (Wildman–Crippen LogP) is 1.20. The molecular weight excluding hydrogens is 224 g/mol. The molecule has 0 spiro atoms. The number of carboxylic acids is 1. The molecule has 0 fully saturated rings. The zero-order chi connectivity index (χ0) is 12.4. The number of carboxylic acid groups (broad SMARTS) is 1. The lowest BCUT2D eigenvalue weighted by atomic mass is 10.2. The smallest absolute Gasteiger partial charge is 0.373 e. The molecule has 4 N–H and O–H groups in total. The molecule has 1 heterocycles. The summed E-state index contributed by atoms with van der Waals surface area (Å²) in [5.74, 6) is -1.18. The Kier molecular flexibility index (Phi) is 2.80. The van der Waals surface area contributed by atoms with Crippen LogP contribution in [0, 0.1) is 0 Å². The molecule has 1 aromatic heterocycles. The third-order valence-electron chi connectivity index (χ3n) is 2.20. The third kappa shape index (κ3) is 2.11. The van der Waals surface area contributed by atoms with Crippen molar-refractivity contribution in [2.75, 3.05) is 0 Å². The first kappa shape index (κ1) is 11.2. The van der Waals surface area contributed by atoms with Crippen molar-refractivity contribution < 1.29 is 19.4 Å². The van der Waals surface area contributed by atoms with Crippen LogP contribution in [-0.4, -0.2) is 21.2 Å². The topological polar surface area (TPSA) is 110 Å². The van der Waals surface area contributed by atoms with Gasteiger partial charge in [-0.2, -0.15) is 0 Å². The van der Waals surface area contributed by atoms with Crippen molar-refractivity contribution >= 4 is 5.97 Å². The average molecular weight is 234 g/mol. The molecule has 17 heavy (non-hydrogen) atoms. The van der Waals surface area contributed by atoms with Crippen LogP contribution in [0.3, 0.4) is 0 Å². The maximum atomic E-state index is 10.9. The second-order valence-corrected chi connectivity index (χ2v) is 3.35. The van der Waals surface area contributed by atoms with Crippen LogP contribution < -0.4 is 5.73 Å². The van der Waals surface area contributed by atoms with E-state index in [1.807, 2.05) is 0 Å². The molecule has 88 valence electrons. The van der Waals surface area contributed by atoms with Crippen LogP contribution in [0.4, 0.5) is 0 Å². The molecule has 0 amide bonds. The molecule has 0 saturated carbocycles. The fourth-order valence-electron chi connectivity index (χ4n) is 1.38. The van der Waals surface area contributed by atoms with Gasteiger partial charge in [-0.25, -0.2) is 9.78 Å². The molecule has 0 radical (unpaired) electrons. The second kappa shape index (κ2) is 4.26. The number of nitrogens with zero attached hydrogens (tertiary/aromatic N) is 1. The normalized spacial score (nSPS) is 10.4. The fraction of sp³-hybridized carbons (Fsp3) is 0.0909. The standard InChI is InChI=1S/C11H10N2O4/c12-5-8-9(11(15)16)17-10(13-8)6-1-3-7(14)4-2-6/h1-4,14H,5,12H2,(H,15,16). The molecular formula is C11H10N2O4. The van der Waals surface area contributed by atoms with Crippen LogP contribution >= 0.6 is 0 Å². The van der Waals surface area contributed by atoms with Crippen LogP contribution in [-0.2, 0) is 6.54 Å². The molecule has 2 rings (SSSR count). The molecule has 0 aliphatic rings. The van der Waals surface area contributed by atoms with E-state index in [0.717, 1.165) is 0 Å².